The molecule has 0 spiro atoms. The number of hydrogen-bond donors (Lipinski definition) is 1. The first-order valence-corrected chi connectivity index (χ1v) is 11.0. The van der Waals surface area contributed by atoms with Crippen molar-refractivity contribution in [2.75, 3.05) is 27.4 Å². The van der Waals surface area contributed by atoms with Crippen LogP contribution in [0.1, 0.15) is 63.9 Å². The van der Waals surface area contributed by atoms with Crippen LogP contribution in [0.2, 0.25) is 0 Å². The van der Waals surface area contributed by atoms with E-state index < -0.39 is 10.1 Å². The van der Waals surface area contributed by atoms with Crippen LogP contribution >= 0.6 is 0 Å². The molecular weight excluding hydrogens is 350 g/mol. The highest BCUT2D eigenvalue weighted by molar-refractivity contribution is 7.85. The molecule has 1 N–H and O–H groups in total. The predicted octanol–water partition coefficient (Wildman–Crippen LogP) is 4.05. The lowest BCUT2D eigenvalue weighted by molar-refractivity contribution is -0.909. The summed E-state index contributed by atoms with van der Waals surface area (Å²) in [5, 5.41) is 9.07. The van der Waals surface area contributed by atoms with Gasteiger partial charge in [-0.25, -0.2) is 8.42 Å². The number of unbranched alkanes of at least 4 members (excludes halogenated alkanes) is 7. The second-order valence-electron chi connectivity index (χ2n) is 7.54. The molecule has 1 aromatic rings. The molecule has 0 bridgehead atoms. The third-order valence-corrected chi connectivity index (χ3v) is 5.16. The highest BCUT2D eigenvalue weighted by Gasteiger charge is 2.11. The van der Waals surface area contributed by atoms with Gasteiger partial charge in [0.2, 0.25) is 0 Å². The molecular formula is C20H37NO4S. The van der Waals surface area contributed by atoms with Crippen LogP contribution < -0.4 is 0 Å². The summed E-state index contributed by atoms with van der Waals surface area (Å²) in [7, 11) is -0.100. The van der Waals surface area contributed by atoms with Crippen LogP contribution in [0, 0.1) is 6.92 Å². The topological polar surface area (TPSA) is 77.4 Å². The highest BCUT2D eigenvalue weighted by Crippen LogP contribution is 2.10. The molecule has 0 saturated carbocycles. The van der Waals surface area contributed by atoms with Crippen LogP contribution in [-0.4, -0.2) is 49.9 Å². The Kier molecular flexibility index (Phi) is 12.8. The molecule has 0 aromatic heterocycles. The molecule has 0 unspecified atom stereocenters. The fraction of sp³-hybridized carbons (Fsp3) is 0.700. The Bertz CT molecular complexity index is 568. The Hall–Kier alpha value is -0.950. The minimum atomic E-state index is -4.27. The summed E-state index contributed by atoms with van der Waals surface area (Å²) in [5.74, 6) is 0. The molecule has 0 amide bonds. The third kappa shape index (κ3) is 13.3. The van der Waals surface area contributed by atoms with Crippen molar-refractivity contribution in [2.45, 2.75) is 70.1 Å². The molecule has 0 aliphatic carbocycles. The molecule has 5 nitrogen and oxygen atoms in total. The second-order valence-corrected chi connectivity index (χ2v) is 8.92. The first-order valence-electron chi connectivity index (χ1n) is 9.58. The third-order valence-electron chi connectivity index (χ3n) is 4.31. The summed E-state index contributed by atoms with van der Waals surface area (Å²) in [6.45, 7) is 5.44. The standard InChI is InChI=1S/C13H30NO.C7H8O3S/c1-4-5-6-7-8-9-10-11-12-14(2,3)13-15;1-6-2-4-7(5-3-6)11(8,9)10/h15H,4-13H2,1-3H3;2-5H,1H3,(H,8,9,10)/q+1;/p-1. The Balaban J connectivity index is 0.000000502. The van der Waals surface area contributed by atoms with Crippen molar-refractivity contribution in [2.24, 2.45) is 0 Å². The number of quaternary nitrogens is 1. The van der Waals surface area contributed by atoms with Crippen molar-refractivity contribution in [1.82, 2.24) is 0 Å². The predicted molar refractivity (Wildman–Crippen MR) is 106 cm³/mol. The van der Waals surface area contributed by atoms with Crippen molar-refractivity contribution in [1.29, 1.82) is 0 Å². The van der Waals surface area contributed by atoms with E-state index in [2.05, 4.69) is 21.0 Å². The Morgan fingerprint density at radius 1 is 0.923 bits per heavy atom. The molecule has 0 radical (unpaired) electrons. The zero-order valence-electron chi connectivity index (χ0n) is 16.9. The summed E-state index contributed by atoms with van der Waals surface area (Å²) in [6.07, 6.45) is 10.9. The van der Waals surface area contributed by atoms with Crippen LogP contribution in [0.15, 0.2) is 29.2 Å². The van der Waals surface area contributed by atoms with Crippen LogP contribution in [0.3, 0.4) is 0 Å². The number of aliphatic hydroxyl groups is 1. The minimum absolute atomic E-state index is 0.178. The van der Waals surface area contributed by atoms with Crippen LogP contribution in [0.25, 0.3) is 0 Å². The van der Waals surface area contributed by atoms with Crippen molar-refractivity contribution in [3.05, 3.63) is 29.8 Å². The maximum atomic E-state index is 10.4. The van der Waals surface area contributed by atoms with Crippen molar-refractivity contribution in [3.8, 4) is 0 Å². The van der Waals surface area contributed by atoms with E-state index in [1.165, 1.54) is 63.5 Å². The van der Waals surface area contributed by atoms with E-state index in [-0.39, 0.29) is 11.6 Å². The number of nitrogens with zero attached hydrogens (tertiary/aromatic N) is 1. The average Bonchev–Trinajstić information content (AvgIpc) is 2.57. The van der Waals surface area contributed by atoms with Crippen LogP contribution in [0.5, 0.6) is 0 Å². The summed E-state index contributed by atoms with van der Waals surface area (Å²) >= 11 is 0. The molecule has 1 rings (SSSR count). The van der Waals surface area contributed by atoms with Gasteiger partial charge in [0.25, 0.3) is 0 Å². The smallest absolute Gasteiger partial charge is 0.179 e. The van der Waals surface area contributed by atoms with E-state index >= 15 is 0 Å². The maximum absolute atomic E-state index is 10.4. The normalized spacial score (nSPS) is 11.8. The highest BCUT2D eigenvalue weighted by atomic mass is 32.2. The second kappa shape index (κ2) is 13.3. The summed E-state index contributed by atoms with van der Waals surface area (Å²) in [4.78, 5) is -0.178. The molecule has 0 atom stereocenters. The van der Waals surface area contributed by atoms with Gasteiger partial charge in [0.05, 0.1) is 25.5 Å². The molecule has 0 fully saturated rings. The lowest BCUT2D eigenvalue weighted by Crippen LogP contribution is -2.41. The molecule has 6 heteroatoms. The van der Waals surface area contributed by atoms with Gasteiger partial charge in [0.15, 0.2) is 6.73 Å². The maximum Gasteiger partial charge on any atom is 0.179 e. The Labute approximate surface area is 160 Å². The van der Waals surface area contributed by atoms with E-state index in [0.29, 0.717) is 0 Å². The van der Waals surface area contributed by atoms with E-state index in [0.717, 1.165) is 16.6 Å². The monoisotopic (exact) mass is 387 g/mol. The quantitative estimate of drug-likeness (QED) is 0.269. The number of aryl methyl sites for hydroxylation is 1. The molecule has 0 aliphatic rings. The summed E-state index contributed by atoms with van der Waals surface area (Å²) in [5.41, 5.74) is 0.928. The van der Waals surface area contributed by atoms with Gasteiger partial charge >= 0.3 is 0 Å². The lowest BCUT2D eigenvalue weighted by Gasteiger charge is -2.26. The van der Waals surface area contributed by atoms with Gasteiger partial charge in [-0.2, -0.15) is 0 Å². The van der Waals surface area contributed by atoms with Gasteiger partial charge < -0.3 is 14.1 Å². The number of aliphatic hydroxyl groups excluding tert-OH is 1. The average molecular weight is 388 g/mol. The van der Waals surface area contributed by atoms with E-state index in [9.17, 15) is 13.0 Å². The molecule has 26 heavy (non-hydrogen) atoms. The van der Waals surface area contributed by atoms with E-state index in [1.807, 2.05) is 6.92 Å². The Morgan fingerprint density at radius 2 is 1.38 bits per heavy atom. The molecule has 0 heterocycles. The zero-order valence-corrected chi connectivity index (χ0v) is 17.7. The van der Waals surface area contributed by atoms with Gasteiger partial charge in [0.1, 0.15) is 10.1 Å². The minimum Gasteiger partial charge on any atom is -0.744 e. The first-order chi connectivity index (χ1) is 12.1. The number of benzene rings is 1. The van der Waals surface area contributed by atoms with Crippen molar-refractivity contribution in [3.63, 3.8) is 0 Å². The SMILES string of the molecule is CCCCCCCCCC[N+](C)(C)CO.Cc1ccc(S(=O)(=O)[O-])cc1. The summed E-state index contributed by atoms with van der Waals surface area (Å²) in [6, 6.07) is 5.78. The van der Waals surface area contributed by atoms with Gasteiger partial charge in [-0.05, 0) is 31.9 Å². The fourth-order valence-electron chi connectivity index (χ4n) is 2.45. The molecule has 1 aromatic carbocycles. The van der Waals surface area contributed by atoms with Crippen molar-refractivity contribution >= 4 is 10.1 Å². The number of hydrogen-bond acceptors (Lipinski definition) is 4. The van der Waals surface area contributed by atoms with E-state index in [4.69, 9.17) is 5.11 Å². The van der Waals surface area contributed by atoms with Gasteiger partial charge in [-0.1, -0.05) is 63.1 Å². The van der Waals surface area contributed by atoms with Crippen molar-refractivity contribution < 1.29 is 22.6 Å². The first kappa shape index (κ1) is 25.1. The molecule has 0 aliphatic heterocycles. The molecule has 0 saturated heterocycles. The van der Waals surface area contributed by atoms with Crippen LogP contribution in [0.4, 0.5) is 0 Å². The van der Waals surface area contributed by atoms with Crippen LogP contribution in [-0.2, 0) is 10.1 Å². The summed E-state index contributed by atoms with van der Waals surface area (Å²) < 4.78 is 31.9. The lowest BCUT2D eigenvalue weighted by atomic mass is 10.1. The zero-order chi connectivity index (χ0) is 20.1. The fourth-order valence-corrected chi connectivity index (χ4v) is 2.92. The van der Waals surface area contributed by atoms with Gasteiger partial charge in [-0.15, -0.1) is 0 Å². The Morgan fingerprint density at radius 3 is 1.81 bits per heavy atom. The number of rotatable bonds is 11. The molecule has 152 valence electrons. The largest absolute Gasteiger partial charge is 0.744 e. The van der Waals surface area contributed by atoms with E-state index in [1.54, 1.807) is 12.1 Å². The van der Waals surface area contributed by atoms with Gasteiger partial charge in [0, 0.05) is 0 Å². The van der Waals surface area contributed by atoms with Gasteiger partial charge in [-0.3, -0.25) is 0 Å².